The fraction of sp³-hybridized carbons (Fsp3) is 0.615. The fourth-order valence-corrected chi connectivity index (χ4v) is 1.99. The van der Waals surface area contributed by atoms with Crippen LogP contribution in [0.1, 0.15) is 36.1 Å². The smallest absolute Gasteiger partial charge is 0.274 e. The van der Waals surface area contributed by atoms with Gasteiger partial charge < -0.3 is 10.2 Å². The average molecular weight is 282 g/mol. The standard InChI is InChI=1S/C13H22N4OS/c1-9(2)12-15-8-10(14-3)11(16-12)13(18)17(4)6-7-19-5/h8-9,14H,6-7H2,1-5H3. The number of amides is 1. The van der Waals surface area contributed by atoms with Gasteiger partial charge in [0.05, 0.1) is 11.9 Å². The molecule has 0 bridgehead atoms. The van der Waals surface area contributed by atoms with Crippen LogP contribution in [-0.2, 0) is 0 Å². The molecule has 0 saturated heterocycles. The van der Waals surface area contributed by atoms with Gasteiger partial charge in [0.2, 0.25) is 0 Å². The van der Waals surface area contributed by atoms with E-state index in [4.69, 9.17) is 0 Å². The highest BCUT2D eigenvalue weighted by Crippen LogP contribution is 2.17. The summed E-state index contributed by atoms with van der Waals surface area (Å²) < 4.78 is 0. The summed E-state index contributed by atoms with van der Waals surface area (Å²) >= 11 is 1.72. The van der Waals surface area contributed by atoms with Crippen molar-refractivity contribution < 1.29 is 4.79 Å². The first kappa shape index (κ1) is 15.8. The third-order valence-corrected chi connectivity index (χ3v) is 3.36. The number of thioether (sulfide) groups is 1. The molecule has 0 fully saturated rings. The first-order chi connectivity index (χ1) is 9.01. The molecule has 1 amide bonds. The summed E-state index contributed by atoms with van der Waals surface area (Å²) in [5.41, 5.74) is 1.12. The van der Waals surface area contributed by atoms with Crippen molar-refractivity contribution in [2.75, 3.05) is 38.0 Å². The van der Waals surface area contributed by atoms with Gasteiger partial charge in [0.1, 0.15) is 5.82 Å². The molecule has 106 valence electrons. The number of nitrogens with zero attached hydrogens (tertiary/aromatic N) is 3. The molecule has 0 aliphatic rings. The minimum Gasteiger partial charge on any atom is -0.385 e. The van der Waals surface area contributed by atoms with Crippen molar-refractivity contribution in [3.8, 4) is 0 Å². The van der Waals surface area contributed by atoms with Crippen molar-refractivity contribution in [1.29, 1.82) is 0 Å². The molecule has 1 aromatic rings. The van der Waals surface area contributed by atoms with E-state index in [-0.39, 0.29) is 11.8 Å². The van der Waals surface area contributed by atoms with Crippen LogP contribution in [0.15, 0.2) is 6.20 Å². The van der Waals surface area contributed by atoms with Crippen molar-refractivity contribution in [2.45, 2.75) is 19.8 Å². The topological polar surface area (TPSA) is 58.1 Å². The van der Waals surface area contributed by atoms with Gasteiger partial charge in [-0.1, -0.05) is 13.8 Å². The summed E-state index contributed by atoms with van der Waals surface area (Å²) in [5, 5.41) is 2.98. The molecule has 6 heteroatoms. The first-order valence-corrected chi connectivity index (χ1v) is 7.69. The molecule has 0 aromatic carbocycles. The Balaban J connectivity index is 3.02. The Hall–Kier alpha value is -1.30. The molecule has 0 saturated carbocycles. The van der Waals surface area contributed by atoms with Crippen LogP contribution in [0.4, 0.5) is 5.69 Å². The zero-order valence-electron chi connectivity index (χ0n) is 12.2. The molecule has 0 radical (unpaired) electrons. The normalized spacial score (nSPS) is 10.6. The largest absolute Gasteiger partial charge is 0.385 e. The van der Waals surface area contributed by atoms with Crippen molar-refractivity contribution in [1.82, 2.24) is 14.9 Å². The number of carbonyl (C=O) groups excluding carboxylic acids is 1. The van der Waals surface area contributed by atoms with E-state index in [0.29, 0.717) is 23.8 Å². The van der Waals surface area contributed by atoms with E-state index >= 15 is 0 Å². The second-order valence-corrected chi connectivity index (χ2v) is 5.60. The quantitative estimate of drug-likeness (QED) is 0.865. The molecule has 1 heterocycles. The molecule has 1 rings (SSSR count). The van der Waals surface area contributed by atoms with Crippen molar-refractivity contribution in [3.63, 3.8) is 0 Å². The molecular formula is C13H22N4OS. The SMILES string of the molecule is CNc1cnc(C(C)C)nc1C(=O)N(C)CCSC. The fourth-order valence-electron chi connectivity index (χ4n) is 1.53. The highest BCUT2D eigenvalue weighted by Gasteiger charge is 2.19. The van der Waals surface area contributed by atoms with Gasteiger partial charge in [-0.2, -0.15) is 11.8 Å². The highest BCUT2D eigenvalue weighted by atomic mass is 32.2. The van der Waals surface area contributed by atoms with Gasteiger partial charge in [0.25, 0.3) is 5.91 Å². The van der Waals surface area contributed by atoms with Crippen LogP contribution in [0.2, 0.25) is 0 Å². The average Bonchev–Trinajstić information content (AvgIpc) is 2.42. The lowest BCUT2D eigenvalue weighted by atomic mass is 10.2. The van der Waals surface area contributed by atoms with Crippen molar-refractivity contribution in [2.24, 2.45) is 0 Å². The lowest BCUT2D eigenvalue weighted by molar-refractivity contribution is 0.0798. The van der Waals surface area contributed by atoms with E-state index in [0.717, 1.165) is 5.75 Å². The van der Waals surface area contributed by atoms with Gasteiger partial charge >= 0.3 is 0 Å². The number of aromatic nitrogens is 2. The Morgan fingerprint density at radius 3 is 2.74 bits per heavy atom. The minimum atomic E-state index is -0.0669. The molecule has 19 heavy (non-hydrogen) atoms. The van der Waals surface area contributed by atoms with Gasteiger partial charge in [-0.25, -0.2) is 9.97 Å². The Kier molecular flexibility index (Phi) is 6.08. The molecule has 0 aliphatic heterocycles. The molecule has 0 unspecified atom stereocenters. The monoisotopic (exact) mass is 282 g/mol. The van der Waals surface area contributed by atoms with Gasteiger partial charge in [0, 0.05) is 32.3 Å². The summed E-state index contributed by atoms with van der Waals surface area (Å²) in [7, 11) is 3.57. The van der Waals surface area contributed by atoms with Crippen LogP contribution in [0.25, 0.3) is 0 Å². The maximum atomic E-state index is 12.4. The van der Waals surface area contributed by atoms with E-state index in [1.165, 1.54) is 0 Å². The first-order valence-electron chi connectivity index (χ1n) is 6.30. The van der Waals surface area contributed by atoms with Crippen LogP contribution < -0.4 is 5.32 Å². The van der Waals surface area contributed by atoms with Crippen molar-refractivity contribution in [3.05, 3.63) is 17.7 Å². The summed E-state index contributed by atoms with van der Waals surface area (Å²) in [6.45, 7) is 4.74. The van der Waals surface area contributed by atoms with Gasteiger partial charge in [-0.3, -0.25) is 4.79 Å². The number of rotatable bonds is 6. The lowest BCUT2D eigenvalue weighted by Gasteiger charge is -2.18. The van der Waals surface area contributed by atoms with Gasteiger partial charge in [-0.05, 0) is 6.26 Å². The minimum absolute atomic E-state index is 0.0669. The molecule has 0 atom stereocenters. The maximum absolute atomic E-state index is 12.4. The van der Waals surface area contributed by atoms with Crippen LogP contribution in [-0.4, -0.2) is 53.4 Å². The Morgan fingerprint density at radius 2 is 2.21 bits per heavy atom. The van der Waals surface area contributed by atoms with Crippen LogP contribution in [0.5, 0.6) is 0 Å². The zero-order chi connectivity index (χ0) is 14.4. The van der Waals surface area contributed by atoms with Crippen LogP contribution in [0, 0.1) is 0 Å². The molecular weight excluding hydrogens is 260 g/mol. The summed E-state index contributed by atoms with van der Waals surface area (Å²) in [5.74, 6) is 1.75. The maximum Gasteiger partial charge on any atom is 0.274 e. The summed E-state index contributed by atoms with van der Waals surface area (Å²) in [6, 6.07) is 0. The van der Waals surface area contributed by atoms with Crippen LogP contribution in [0.3, 0.4) is 0 Å². The molecule has 0 spiro atoms. The third-order valence-electron chi connectivity index (χ3n) is 2.77. The third kappa shape index (κ3) is 4.09. The number of anilines is 1. The summed E-state index contributed by atoms with van der Waals surface area (Å²) in [6.07, 6.45) is 3.71. The Morgan fingerprint density at radius 1 is 1.53 bits per heavy atom. The molecule has 1 aromatic heterocycles. The van der Waals surface area contributed by atoms with E-state index in [2.05, 4.69) is 15.3 Å². The number of carbonyl (C=O) groups is 1. The molecule has 1 N–H and O–H groups in total. The number of nitrogens with one attached hydrogen (secondary N) is 1. The Labute approximate surface area is 119 Å². The number of hydrogen-bond acceptors (Lipinski definition) is 5. The predicted molar refractivity (Wildman–Crippen MR) is 81.0 cm³/mol. The lowest BCUT2D eigenvalue weighted by Crippen LogP contribution is -2.30. The zero-order valence-corrected chi connectivity index (χ0v) is 13.0. The van der Waals surface area contributed by atoms with E-state index in [9.17, 15) is 4.79 Å². The predicted octanol–water partition coefficient (Wildman–Crippen LogP) is 2.08. The number of hydrogen-bond donors (Lipinski definition) is 1. The summed E-state index contributed by atoms with van der Waals surface area (Å²) in [4.78, 5) is 22.8. The van der Waals surface area contributed by atoms with Gasteiger partial charge in [0.15, 0.2) is 5.69 Å². The highest BCUT2D eigenvalue weighted by molar-refractivity contribution is 7.98. The molecule has 0 aliphatic carbocycles. The van der Waals surface area contributed by atoms with E-state index < -0.39 is 0 Å². The second kappa shape index (κ2) is 7.33. The van der Waals surface area contributed by atoms with E-state index in [1.54, 1.807) is 37.0 Å². The molecule has 5 nitrogen and oxygen atoms in total. The van der Waals surface area contributed by atoms with Crippen LogP contribution >= 0.6 is 11.8 Å². The van der Waals surface area contributed by atoms with Crippen molar-refractivity contribution >= 4 is 23.4 Å². The Bertz CT molecular complexity index is 437. The van der Waals surface area contributed by atoms with E-state index in [1.807, 2.05) is 20.1 Å². The van der Waals surface area contributed by atoms with Gasteiger partial charge in [-0.15, -0.1) is 0 Å². The second-order valence-electron chi connectivity index (χ2n) is 4.61.